The van der Waals surface area contributed by atoms with Gasteiger partial charge < -0.3 is 14.6 Å². The zero-order valence-electron chi connectivity index (χ0n) is 12.0. The molecule has 0 spiro atoms. The molecule has 1 aromatic carbocycles. The van der Waals surface area contributed by atoms with E-state index in [0.717, 1.165) is 23.9 Å². The summed E-state index contributed by atoms with van der Waals surface area (Å²) in [5.74, 6) is 2.25. The fourth-order valence-electron chi connectivity index (χ4n) is 2.01. The van der Waals surface area contributed by atoms with E-state index in [1.807, 2.05) is 24.5 Å². The Labute approximate surface area is 114 Å². The standard InChI is InChI=1S/C15H21N3O/c1-11(2)10-18-8-7-16-15(18)17-13-9-12(3)5-6-14(13)19-4/h5-9,11H,10H2,1-4H3,(H,16,17). The van der Waals surface area contributed by atoms with Crippen LogP contribution in [0.2, 0.25) is 0 Å². The largest absolute Gasteiger partial charge is 0.495 e. The van der Waals surface area contributed by atoms with Crippen molar-refractivity contribution in [2.24, 2.45) is 5.92 Å². The lowest BCUT2D eigenvalue weighted by Gasteiger charge is -2.14. The van der Waals surface area contributed by atoms with Crippen molar-refractivity contribution < 1.29 is 4.74 Å². The number of hydrogen-bond acceptors (Lipinski definition) is 3. The van der Waals surface area contributed by atoms with Crippen LogP contribution in [0.15, 0.2) is 30.6 Å². The second kappa shape index (κ2) is 5.78. The number of nitrogens with one attached hydrogen (secondary N) is 1. The van der Waals surface area contributed by atoms with E-state index in [9.17, 15) is 0 Å². The summed E-state index contributed by atoms with van der Waals surface area (Å²) in [6.45, 7) is 7.38. The lowest BCUT2D eigenvalue weighted by atomic mass is 10.2. The van der Waals surface area contributed by atoms with Crippen LogP contribution < -0.4 is 10.1 Å². The van der Waals surface area contributed by atoms with Gasteiger partial charge in [0.2, 0.25) is 5.95 Å². The third kappa shape index (κ3) is 3.28. The maximum atomic E-state index is 5.37. The van der Waals surface area contributed by atoms with Crippen molar-refractivity contribution in [2.45, 2.75) is 27.3 Å². The van der Waals surface area contributed by atoms with Gasteiger partial charge in [-0.25, -0.2) is 4.98 Å². The molecule has 4 heteroatoms. The number of ether oxygens (including phenoxy) is 1. The van der Waals surface area contributed by atoms with Crippen LogP contribution in [0, 0.1) is 12.8 Å². The van der Waals surface area contributed by atoms with Crippen molar-refractivity contribution in [3.8, 4) is 5.75 Å². The molecule has 0 saturated carbocycles. The molecule has 0 aliphatic carbocycles. The predicted octanol–water partition coefficient (Wildman–Crippen LogP) is 3.60. The van der Waals surface area contributed by atoms with Gasteiger partial charge in [0.1, 0.15) is 5.75 Å². The molecule has 2 rings (SSSR count). The second-order valence-electron chi connectivity index (χ2n) is 5.13. The Morgan fingerprint density at radius 2 is 2.16 bits per heavy atom. The number of imidazole rings is 1. The van der Waals surface area contributed by atoms with Crippen LogP contribution in [0.3, 0.4) is 0 Å². The van der Waals surface area contributed by atoms with E-state index in [-0.39, 0.29) is 0 Å². The quantitative estimate of drug-likeness (QED) is 0.891. The van der Waals surface area contributed by atoms with Gasteiger partial charge in [0, 0.05) is 18.9 Å². The lowest BCUT2D eigenvalue weighted by Crippen LogP contribution is -2.08. The van der Waals surface area contributed by atoms with Crippen LogP contribution in [0.25, 0.3) is 0 Å². The average Bonchev–Trinajstić information content (AvgIpc) is 2.76. The highest BCUT2D eigenvalue weighted by molar-refractivity contribution is 5.63. The highest BCUT2D eigenvalue weighted by atomic mass is 16.5. The van der Waals surface area contributed by atoms with Gasteiger partial charge in [-0.15, -0.1) is 0 Å². The van der Waals surface area contributed by atoms with Crippen LogP contribution in [-0.2, 0) is 6.54 Å². The van der Waals surface area contributed by atoms with Crippen molar-refractivity contribution >= 4 is 11.6 Å². The molecule has 0 amide bonds. The van der Waals surface area contributed by atoms with Gasteiger partial charge in [0.25, 0.3) is 0 Å². The fraction of sp³-hybridized carbons (Fsp3) is 0.400. The number of anilines is 2. The zero-order valence-corrected chi connectivity index (χ0v) is 12.0. The Morgan fingerprint density at radius 3 is 2.84 bits per heavy atom. The molecule has 1 heterocycles. The van der Waals surface area contributed by atoms with Crippen molar-refractivity contribution in [1.82, 2.24) is 9.55 Å². The van der Waals surface area contributed by atoms with Gasteiger partial charge in [-0.05, 0) is 30.5 Å². The molecule has 0 bridgehead atoms. The number of rotatable bonds is 5. The summed E-state index contributed by atoms with van der Waals surface area (Å²) in [6, 6.07) is 6.06. The number of aromatic nitrogens is 2. The maximum Gasteiger partial charge on any atom is 0.207 e. The Hall–Kier alpha value is -1.97. The molecule has 0 fully saturated rings. The summed E-state index contributed by atoms with van der Waals surface area (Å²) in [7, 11) is 1.68. The normalized spacial score (nSPS) is 10.8. The van der Waals surface area contributed by atoms with E-state index in [0.29, 0.717) is 5.92 Å². The number of aryl methyl sites for hydroxylation is 1. The molecule has 4 nitrogen and oxygen atoms in total. The highest BCUT2D eigenvalue weighted by Crippen LogP contribution is 2.28. The average molecular weight is 259 g/mol. The third-order valence-corrected chi connectivity index (χ3v) is 2.88. The smallest absolute Gasteiger partial charge is 0.207 e. The van der Waals surface area contributed by atoms with Crippen molar-refractivity contribution in [2.75, 3.05) is 12.4 Å². The molecule has 2 aromatic rings. The van der Waals surface area contributed by atoms with E-state index < -0.39 is 0 Å². The molecular formula is C15H21N3O. The molecule has 0 saturated heterocycles. The van der Waals surface area contributed by atoms with Gasteiger partial charge in [0.05, 0.1) is 12.8 Å². The highest BCUT2D eigenvalue weighted by Gasteiger charge is 2.08. The summed E-state index contributed by atoms with van der Waals surface area (Å²) in [4.78, 5) is 4.37. The lowest BCUT2D eigenvalue weighted by molar-refractivity contribution is 0.416. The Balaban J connectivity index is 2.26. The molecule has 0 aliphatic heterocycles. The van der Waals surface area contributed by atoms with Crippen LogP contribution >= 0.6 is 0 Å². The van der Waals surface area contributed by atoms with E-state index in [2.05, 4.69) is 41.7 Å². The molecule has 0 radical (unpaired) electrons. The minimum absolute atomic E-state index is 0.578. The Bertz CT molecular complexity index is 546. The minimum Gasteiger partial charge on any atom is -0.495 e. The van der Waals surface area contributed by atoms with Gasteiger partial charge >= 0.3 is 0 Å². The van der Waals surface area contributed by atoms with Crippen LogP contribution in [0.5, 0.6) is 5.75 Å². The topological polar surface area (TPSA) is 39.1 Å². The van der Waals surface area contributed by atoms with Gasteiger partial charge in [0.15, 0.2) is 0 Å². The molecule has 102 valence electrons. The third-order valence-electron chi connectivity index (χ3n) is 2.88. The summed E-state index contributed by atoms with van der Waals surface area (Å²) >= 11 is 0. The fourth-order valence-corrected chi connectivity index (χ4v) is 2.01. The Morgan fingerprint density at radius 1 is 1.37 bits per heavy atom. The van der Waals surface area contributed by atoms with E-state index in [1.165, 1.54) is 5.56 Å². The molecule has 0 aliphatic rings. The van der Waals surface area contributed by atoms with Gasteiger partial charge in [-0.1, -0.05) is 19.9 Å². The summed E-state index contributed by atoms with van der Waals surface area (Å²) in [5, 5.41) is 3.35. The second-order valence-corrected chi connectivity index (χ2v) is 5.13. The van der Waals surface area contributed by atoms with E-state index in [1.54, 1.807) is 7.11 Å². The molecule has 19 heavy (non-hydrogen) atoms. The van der Waals surface area contributed by atoms with Crippen LogP contribution in [-0.4, -0.2) is 16.7 Å². The number of hydrogen-bond donors (Lipinski definition) is 1. The molecular weight excluding hydrogens is 238 g/mol. The summed E-state index contributed by atoms with van der Waals surface area (Å²) < 4.78 is 7.49. The van der Waals surface area contributed by atoms with Crippen LogP contribution in [0.1, 0.15) is 19.4 Å². The molecule has 0 atom stereocenters. The summed E-state index contributed by atoms with van der Waals surface area (Å²) in [6.07, 6.45) is 3.80. The van der Waals surface area contributed by atoms with Gasteiger partial charge in [-0.2, -0.15) is 0 Å². The first-order valence-corrected chi connectivity index (χ1v) is 6.53. The first-order chi connectivity index (χ1) is 9.10. The molecule has 1 aromatic heterocycles. The number of methoxy groups -OCH3 is 1. The van der Waals surface area contributed by atoms with Gasteiger partial charge in [-0.3, -0.25) is 0 Å². The monoisotopic (exact) mass is 259 g/mol. The first kappa shape index (κ1) is 13.5. The Kier molecular flexibility index (Phi) is 4.10. The number of benzene rings is 1. The SMILES string of the molecule is COc1ccc(C)cc1Nc1nccn1CC(C)C. The van der Waals surface area contributed by atoms with E-state index >= 15 is 0 Å². The van der Waals surface area contributed by atoms with Crippen molar-refractivity contribution in [3.05, 3.63) is 36.2 Å². The predicted molar refractivity (Wildman–Crippen MR) is 78.1 cm³/mol. The van der Waals surface area contributed by atoms with Crippen molar-refractivity contribution in [3.63, 3.8) is 0 Å². The number of nitrogens with zero attached hydrogens (tertiary/aromatic N) is 2. The summed E-state index contributed by atoms with van der Waals surface area (Å²) in [5.41, 5.74) is 2.13. The van der Waals surface area contributed by atoms with E-state index in [4.69, 9.17) is 4.74 Å². The maximum absolute atomic E-state index is 5.37. The minimum atomic E-state index is 0.578. The molecule has 1 N–H and O–H groups in total. The van der Waals surface area contributed by atoms with Crippen LogP contribution in [0.4, 0.5) is 11.6 Å². The zero-order chi connectivity index (χ0) is 13.8. The van der Waals surface area contributed by atoms with Crippen molar-refractivity contribution in [1.29, 1.82) is 0 Å². The first-order valence-electron chi connectivity index (χ1n) is 6.53. The molecule has 0 unspecified atom stereocenters.